The first-order valence-electron chi connectivity index (χ1n) is 10.6. The number of piperazine rings is 1. The molecule has 0 spiro atoms. The van der Waals surface area contributed by atoms with Crippen LogP contribution in [0, 0.1) is 6.92 Å². The summed E-state index contributed by atoms with van der Waals surface area (Å²) in [7, 11) is -3.73. The van der Waals surface area contributed by atoms with Gasteiger partial charge in [-0.05, 0) is 44.0 Å². The summed E-state index contributed by atoms with van der Waals surface area (Å²) in [5.74, 6) is -0.211. The van der Waals surface area contributed by atoms with Gasteiger partial charge in [0.1, 0.15) is 6.04 Å². The Morgan fingerprint density at radius 1 is 0.839 bits per heavy atom. The Morgan fingerprint density at radius 2 is 1.45 bits per heavy atom. The molecule has 2 aliphatic rings. The molecule has 2 aromatic carbocycles. The Kier molecular flexibility index (Phi) is 6.11. The zero-order valence-electron chi connectivity index (χ0n) is 17.6. The first kappa shape index (κ1) is 21.5. The molecule has 2 fully saturated rings. The SMILES string of the molecule is Cc1ccc(S(=O)(=O)N2CCC[C@H]2C(=O)N2CCN(C(=O)c3ccccc3)CC2)cc1. The van der Waals surface area contributed by atoms with Gasteiger partial charge in [-0.3, -0.25) is 9.59 Å². The maximum Gasteiger partial charge on any atom is 0.253 e. The molecule has 0 saturated carbocycles. The second-order valence-electron chi connectivity index (χ2n) is 8.07. The Hall–Kier alpha value is -2.71. The molecule has 2 aromatic rings. The first-order chi connectivity index (χ1) is 14.9. The number of aryl methyl sites for hydroxylation is 1. The van der Waals surface area contributed by atoms with Gasteiger partial charge >= 0.3 is 0 Å². The number of sulfonamides is 1. The van der Waals surface area contributed by atoms with Gasteiger partial charge in [-0.1, -0.05) is 35.9 Å². The lowest BCUT2D eigenvalue weighted by Crippen LogP contribution is -2.55. The van der Waals surface area contributed by atoms with Gasteiger partial charge in [0.15, 0.2) is 0 Å². The lowest BCUT2D eigenvalue weighted by Gasteiger charge is -2.37. The van der Waals surface area contributed by atoms with Gasteiger partial charge < -0.3 is 9.80 Å². The van der Waals surface area contributed by atoms with Crippen LogP contribution in [0.5, 0.6) is 0 Å². The highest BCUT2D eigenvalue weighted by Gasteiger charge is 2.41. The van der Waals surface area contributed by atoms with Crippen LogP contribution in [0.25, 0.3) is 0 Å². The highest BCUT2D eigenvalue weighted by atomic mass is 32.2. The molecule has 0 aromatic heterocycles. The molecule has 8 heteroatoms. The predicted octanol–water partition coefficient (Wildman–Crippen LogP) is 2.13. The van der Waals surface area contributed by atoms with E-state index in [1.54, 1.807) is 46.2 Å². The lowest BCUT2D eigenvalue weighted by atomic mass is 10.1. The van der Waals surface area contributed by atoms with E-state index in [1.807, 2.05) is 25.1 Å². The third kappa shape index (κ3) is 4.36. The highest BCUT2D eigenvalue weighted by molar-refractivity contribution is 7.89. The van der Waals surface area contributed by atoms with E-state index >= 15 is 0 Å². The average molecular weight is 442 g/mol. The monoisotopic (exact) mass is 441 g/mol. The van der Waals surface area contributed by atoms with E-state index in [0.717, 1.165) is 5.56 Å². The van der Waals surface area contributed by atoms with E-state index in [0.29, 0.717) is 51.1 Å². The fraction of sp³-hybridized carbons (Fsp3) is 0.391. The fourth-order valence-electron chi connectivity index (χ4n) is 4.22. The van der Waals surface area contributed by atoms with E-state index < -0.39 is 16.1 Å². The van der Waals surface area contributed by atoms with Crippen molar-refractivity contribution >= 4 is 21.8 Å². The number of hydrogen-bond donors (Lipinski definition) is 0. The van der Waals surface area contributed by atoms with Crippen LogP contribution in [0.3, 0.4) is 0 Å². The van der Waals surface area contributed by atoms with Gasteiger partial charge in [0.2, 0.25) is 15.9 Å². The topological polar surface area (TPSA) is 78.0 Å². The van der Waals surface area contributed by atoms with Crippen molar-refractivity contribution in [1.82, 2.24) is 14.1 Å². The minimum absolute atomic E-state index is 0.0443. The van der Waals surface area contributed by atoms with Crippen molar-refractivity contribution in [1.29, 1.82) is 0 Å². The summed E-state index contributed by atoms with van der Waals surface area (Å²) in [6.45, 7) is 3.95. The van der Waals surface area contributed by atoms with E-state index in [9.17, 15) is 18.0 Å². The first-order valence-corrected chi connectivity index (χ1v) is 12.0. The molecule has 0 unspecified atom stereocenters. The van der Waals surface area contributed by atoms with Crippen LogP contribution in [-0.2, 0) is 14.8 Å². The smallest absolute Gasteiger partial charge is 0.253 e. The van der Waals surface area contributed by atoms with Crippen molar-refractivity contribution < 1.29 is 18.0 Å². The molecule has 2 heterocycles. The predicted molar refractivity (Wildman–Crippen MR) is 117 cm³/mol. The van der Waals surface area contributed by atoms with E-state index in [2.05, 4.69) is 0 Å². The third-order valence-electron chi connectivity index (χ3n) is 6.02. The van der Waals surface area contributed by atoms with Crippen LogP contribution >= 0.6 is 0 Å². The van der Waals surface area contributed by atoms with Crippen LogP contribution < -0.4 is 0 Å². The molecule has 2 saturated heterocycles. The quantitative estimate of drug-likeness (QED) is 0.728. The minimum Gasteiger partial charge on any atom is -0.338 e. The summed E-state index contributed by atoms with van der Waals surface area (Å²) in [6, 6.07) is 15.1. The van der Waals surface area contributed by atoms with Crippen LogP contribution in [0.2, 0.25) is 0 Å². The molecule has 31 heavy (non-hydrogen) atoms. The third-order valence-corrected chi connectivity index (χ3v) is 7.94. The second kappa shape index (κ2) is 8.80. The van der Waals surface area contributed by atoms with E-state index in [4.69, 9.17) is 0 Å². The Labute approximate surface area is 183 Å². The molecule has 2 amide bonds. The summed E-state index contributed by atoms with van der Waals surface area (Å²) >= 11 is 0. The molecule has 2 aliphatic heterocycles. The summed E-state index contributed by atoms with van der Waals surface area (Å²) in [4.78, 5) is 29.5. The molecule has 0 aliphatic carbocycles. The van der Waals surface area contributed by atoms with Crippen LogP contribution in [0.15, 0.2) is 59.5 Å². The van der Waals surface area contributed by atoms with Crippen molar-refractivity contribution in [2.24, 2.45) is 0 Å². The molecular weight excluding hydrogens is 414 g/mol. The molecular formula is C23H27N3O4S. The highest BCUT2D eigenvalue weighted by Crippen LogP contribution is 2.28. The van der Waals surface area contributed by atoms with Crippen molar-refractivity contribution in [3.63, 3.8) is 0 Å². The fourth-order valence-corrected chi connectivity index (χ4v) is 5.88. The largest absolute Gasteiger partial charge is 0.338 e. The second-order valence-corrected chi connectivity index (χ2v) is 9.96. The zero-order valence-corrected chi connectivity index (χ0v) is 18.4. The molecule has 1 atom stereocenters. The maximum atomic E-state index is 13.2. The van der Waals surface area contributed by atoms with Crippen LogP contribution in [0.4, 0.5) is 0 Å². The Morgan fingerprint density at radius 3 is 2.10 bits per heavy atom. The van der Waals surface area contributed by atoms with E-state index in [-0.39, 0.29) is 16.7 Å². The summed E-state index contributed by atoms with van der Waals surface area (Å²) in [6.07, 6.45) is 1.18. The summed E-state index contributed by atoms with van der Waals surface area (Å²) < 4.78 is 27.6. The Bertz CT molecular complexity index is 1050. The molecule has 0 bridgehead atoms. The Balaban J connectivity index is 1.42. The number of nitrogens with zero attached hydrogens (tertiary/aromatic N) is 3. The summed E-state index contributed by atoms with van der Waals surface area (Å²) in [5, 5.41) is 0. The van der Waals surface area contributed by atoms with Gasteiger partial charge in [0.25, 0.3) is 5.91 Å². The minimum atomic E-state index is -3.73. The van der Waals surface area contributed by atoms with Crippen molar-refractivity contribution in [3.8, 4) is 0 Å². The molecule has 7 nitrogen and oxygen atoms in total. The normalized spacial score (nSPS) is 20.1. The van der Waals surface area contributed by atoms with Gasteiger partial charge in [0, 0.05) is 38.3 Å². The lowest BCUT2D eigenvalue weighted by molar-refractivity contribution is -0.136. The number of carbonyl (C=O) groups excluding carboxylic acids is 2. The average Bonchev–Trinajstić information content (AvgIpc) is 3.30. The zero-order chi connectivity index (χ0) is 22.0. The maximum absolute atomic E-state index is 13.2. The number of hydrogen-bond acceptors (Lipinski definition) is 4. The van der Waals surface area contributed by atoms with Crippen molar-refractivity contribution in [2.75, 3.05) is 32.7 Å². The van der Waals surface area contributed by atoms with Crippen LogP contribution in [0.1, 0.15) is 28.8 Å². The number of rotatable bonds is 4. The van der Waals surface area contributed by atoms with Crippen molar-refractivity contribution in [2.45, 2.75) is 30.7 Å². The number of benzene rings is 2. The number of amides is 2. The molecule has 0 N–H and O–H groups in total. The van der Waals surface area contributed by atoms with E-state index in [1.165, 1.54) is 4.31 Å². The number of carbonyl (C=O) groups is 2. The molecule has 164 valence electrons. The summed E-state index contributed by atoms with van der Waals surface area (Å²) in [5.41, 5.74) is 1.62. The van der Waals surface area contributed by atoms with Gasteiger partial charge in [-0.25, -0.2) is 8.42 Å². The van der Waals surface area contributed by atoms with Crippen molar-refractivity contribution in [3.05, 3.63) is 65.7 Å². The van der Waals surface area contributed by atoms with Gasteiger partial charge in [-0.15, -0.1) is 0 Å². The molecule has 0 radical (unpaired) electrons. The molecule has 4 rings (SSSR count). The standard InChI is InChI=1S/C23H27N3O4S/c1-18-9-11-20(12-10-18)31(29,30)26-13-5-8-21(26)23(28)25-16-14-24(15-17-25)22(27)19-6-3-2-4-7-19/h2-4,6-7,9-12,21H,5,8,13-17H2,1H3/t21-/m0/s1. The van der Waals surface area contributed by atoms with Crippen LogP contribution in [-0.4, -0.2) is 73.1 Å². The van der Waals surface area contributed by atoms with Gasteiger partial charge in [-0.2, -0.15) is 4.31 Å². The van der Waals surface area contributed by atoms with Gasteiger partial charge in [0.05, 0.1) is 4.90 Å².